The van der Waals surface area contributed by atoms with E-state index in [1.54, 1.807) is 24.2 Å². The number of unbranched alkanes of at least 4 members (excludes halogenated alkanes) is 2. The fraction of sp³-hybridized carbons (Fsp3) is 0.571. The third-order valence-electron chi connectivity index (χ3n) is 2.95. The smallest absolute Gasteiger partial charge is 0.255 e. The Morgan fingerprint density at radius 1 is 1.21 bits per heavy atom. The van der Waals surface area contributed by atoms with Gasteiger partial charge in [-0.15, -0.1) is 0 Å². The van der Waals surface area contributed by atoms with Crippen LogP contribution < -0.4 is 4.90 Å². The van der Waals surface area contributed by atoms with Gasteiger partial charge in [-0.3, -0.25) is 4.79 Å². The summed E-state index contributed by atoms with van der Waals surface area (Å²) in [4.78, 5) is 19.9. The molecule has 0 spiro atoms. The lowest BCUT2D eigenvalue weighted by Crippen LogP contribution is -2.28. The second-order valence-electron chi connectivity index (χ2n) is 4.81. The van der Waals surface area contributed by atoms with Gasteiger partial charge in [0.1, 0.15) is 5.82 Å². The van der Waals surface area contributed by atoms with Gasteiger partial charge in [0.2, 0.25) is 0 Å². The summed E-state index contributed by atoms with van der Waals surface area (Å²) >= 11 is 0. The average molecular weight is 265 g/mol. The lowest BCUT2D eigenvalue weighted by atomic mass is 10.2. The molecule has 1 N–H and O–H groups in total. The Morgan fingerprint density at radius 2 is 1.95 bits per heavy atom. The molecule has 5 heteroatoms. The summed E-state index contributed by atoms with van der Waals surface area (Å²) in [6.45, 7) is 0.918. The van der Waals surface area contributed by atoms with E-state index in [4.69, 9.17) is 5.11 Å². The van der Waals surface area contributed by atoms with E-state index in [1.807, 2.05) is 25.1 Å². The van der Waals surface area contributed by atoms with Gasteiger partial charge in [0.05, 0.1) is 5.56 Å². The number of aliphatic hydroxyl groups excluding tert-OH is 1. The third kappa shape index (κ3) is 4.87. The van der Waals surface area contributed by atoms with Crippen LogP contribution in [0.4, 0.5) is 5.82 Å². The monoisotopic (exact) mass is 265 g/mol. The van der Waals surface area contributed by atoms with Crippen LogP contribution in [0.25, 0.3) is 0 Å². The number of pyridine rings is 1. The Morgan fingerprint density at radius 3 is 2.47 bits per heavy atom. The second-order valence-corrected chi connectivity index (χ2v) is 4.81. The highest BCUT2D eigenvalue weighted by atomic mass is 16.2. The van der Waals surface area contributed by atoms with E-state index < -0.39 is 0 Å². The maximum absolute atomic E-state index is 12.1. The van der Waals surface area contributed by atoms with E-state index in [-0.39, 0.29) is 12.5 Å². The number of aliphatic hydroxyl groups is 1. The molecular formula is C14H23N3O2. The number of aromatic nitrogens is 1. The molecule has 0 saturated carbocycles. The van der Waals surface area contributed by atoms with Gasteiger partial charge in [-0.1, -0.05) is 0 Å². The number of amides is 1. The summed E-state index contributed by atoms with van der Waals surface area (Å²) in [6.07, 6.45) is 4.25. The van der Waals surface area contributed by atoms with Crippen molar-refractivity contribution in [2.24, 2.45) is 0 Å². The first-order valence-corrected chi connectivity index (χ1v) is 6.56. The summed E-state index contributed by atoms with van der Waals surface area (Å²) in [7, 11) is 5.62. The van der Waals surface area contributed by atoms with Crippen LogP contribution in [0.3, 0.4) is 0 Å². The molecule has 0 aromatic carbocycles. The van der Waals surface area contributed by atoms with Gasteiger partial charge in [-0.2, -0.15) is 0 Å². The van der Waals surface area contributed by atoms with Crippen LogP contribution >= 0.6 is 0 Å². The fourth-order valence-electron chi connectivity index (χ4n) is 1.74. The van der Waals surface area contributed by atoms with Crippen LogP contribution in [0, 0.1) is 0 Å². The molecule has 19 heavy (non-hydrogen) atoms. The Balaban J connectivity index is 2.51. The Kier molecular flexibility index (Phi) is 6.29. The van der Waals surface area contributed by atoms with Crippen LogP contribution in [0.2, 0.25) is 0 Å². The summed E-state index contributed by atoms with van der Waals surface area (Å²) < 4.78 is 0. The molecule has 106 valence electrons. The van der Waals surface area contributed by atoms with E-state index in [0.717, 1.165) is 25.1 Å². The van der Waals surface area contributed by atoms with Crippen molar-refractivity contribution in [1.82, 2.24) is 9.88 Å². The molecule has 1 amide bonds. The minimum Gasteiger partial charge on any atom is -0.396 e. The van der Waals surface area contributed by atoms with E-state index in [1.165, 1.54) is 0 Å². The van der Waals surface area contributed by atoms with Crippen molar-refractivity contribution in [2.75, 3.05) is 39.2 Å². The van der Waals surface area contributed by atoms with Crippen LogP contribution in [0.1, 0.15) is 29.6 Å². The molecular weight excluding hydrogens is 242 g/mol. The molecule has 1 heterocycles. The maximum Gasteiger partial charge on any atom is 0.255 e. The largest absolute Gasteiger partial charge is 0.396 e. The third-order valence-corrected chi connectivity index (χ3v) is 2.95. The Labute approximate surface area is 114 Å². The van der Waals surface area contributed by atoms with Gasteiger partial charge in [0.15, 0.2) is 0 Å². The molecule has 1 aromatic heterocycles. The highest BCUT2D eigenvalue weighted by molar-refractivity contribution is 5.93. The zero-order valence-corrected chi connectivity index (χ0v) is 12.0. The zero-order valence-electron chi connectivity index (χ0n) is 12.0. The van der Waals surface area contributed by atoms with Crippen LogP contribution in [0.15, 0.2) is 18.3 Å². The number of anilines is 1. The zero-order chi connectivity index (χ0) is 14.3. The minimum atomic E-state index is -0.0122. The number of rotatable bonds is 7. The maximum atomic E-state index is 12.1. The van der Waals surface area contributed by atoms with Crippen LogP contribution in [0.5, 0.6) is 0 Å². The Hall–Kier alpha value is -1.62. The van der Waals surface area contributed by atoms with Gasteiger partial charge in [-0.05, 0) is 31.4 Å². The standard InChI is InChI=1S/C14H23N3O2/c1-16(2)13-8-7-12(11-15-13)14(19)17(3)9-5-4-6-10-18/h7-8,11,18H,4-6,9-10H2,1-3H3. The molecule has 0 radical (unpaired) electrons. The first kappa shape index (κ1) is 15.4. The van der Waals surface area contributed by atoms with E-state index in [9.17, 15) is 4.79 Å². The number of carbonyl (C=O) groups is 1. The summed E-state index contributed by atoms with van der Waals surface area (Å²) in [5, 5.41) is 8.70. The highest BCUT2D eigenvalue weighted by Gasteiger charge is 2.11. The quantitative estimate of drug-likeness (QED) is 0.757. The summed E-state index contributed by atoms with van der Waals surface area (Å²) in [6, 6.07) is 3.64. The first-order chi connectivity index (χ1) is 9.06. The van der Waals surface area contributed by atoms with Crippen molar-refractivity contribution in [3.05, 3.63) is 23.9 Å². The minimum absolute atomic E-state index is 0.0122. The lowest BCUT2D eigenvalue weighted by molar-refractivity contribution is 0.0792. The van der Waals surface area contributed by atoms with Crippen LogP contribution in [-0.2, 0) is 0 Å². The molecule has 0 aliphatic heterocycles. The van der Waals surface area contributed by atoms with Crippen molar-refractivity contribution >= 4 is 11.7 Å². The average Bonchev–Trinajstić information content (AvgIpc) is 2.42. The Bertz CT molecular complexity index is 390. The molecule has 0 unspecified atom stereocenters. The molecule has 1 rings (SSSR count). The number of hydrogen-bond donors (Lipinski definition) is 1. The first-order valence-electron chi connectivity index (χ1n) is 6.56. The predicted molar refractivity (Wildman–Crippen MR) is 76.5 cm³/mol. The van der Waals surface area contributed by atoms with Gasteiger partial charge in [0.25, 0.3) is 5.91 Å². The van der Waals surface area contributed by atoms with Gasteiger partial charge in [0, 0.05) is 40.5 Å². The van der Waals surface area contributed by atoms with Gasteiger partial charge < -0.3 is 14.9 Å². The molecule has 0 atom stereocenters. The van der Waals surface area contributed by atoms with Crippen molar-refractivity contribution in [2.45, 2.75) is 19.3 Å². The summed E-state index contributed by atoms with van der Waals surface area (Å²) in [5.74, 6) is 0.823. The normalized spacial score (nSPS) is 10.3. The van der Waals surface area contributed by atoms with E-state index in [2.05, 4.69) is 4.98 Å². The molecule has 0 aliphatic carbocycles. The molecule has 0 saturated heterocycles. The van der Waals surface area contributed by atoms with Crippen molar-refractivity contribution < 1.29 is 9.90 Å². The predicted octanol–water partition coefficient (Wildman–Crippen LogP) is 1.38. The van der Waals surface area contributed by atoms with Crippen LogP contribution in [-0.4, -0.2) is 55.2 Å². The lowest BCUT2D eigenvalue weighted by Gasteiger charge is -2.17. The van der Waals surface area contributed by atoms with Gasteiger partial charge >= 0.3 is 0 Å². The molecule has 0 bridgehead atoms. The van der Waals surface area contributed by atoms with E-state index in [0.29, 0.717) is 12.1 Å². The van der Waals surface area contributed by atoms with Crippen molar-refractivity contribution in [3.8, 4) is 0 Å². The molecule has 1 aromatic rings. The fourth-order valence-corrected chi connectivity index (χ4v) is 1.74. The molecule has 0 fully saturated rings. The number of hydrogen-bond acceptors (Lipinski definition) is 4. The molecule has 5 nitrogen and oxygen atoms in total. The SMILES string of the molecule is CN(CCCCCO)C(=O)c1ccc(N(C)C)nc1. The summed E-state index contributed by atoms with van der Waals surface area (Å²) in [5.41, 5.74) is 0.607. The highest BCUT2D eigenvalue weighted by Crippen LogP contribution is 2.10. The topological polar surface area (TPSA) is 56.7 Å². The molecule has 0 aliphatic rings. The number of nitrogens with zero attached hydrogens (tertiary/aromatic N) is 3. The van der Waals surface area contributed by atoms with Gasteiger partial charge in [-0.25, -0.2) is 4.98 Å². The second kappa shape index (κ2) is 7.74. The van der Waals surface area contributed by atoms with E-state index >= 15 is 0 Å². The van der Waals surface area contributed by atoms with Crippen molar-refractivity contribution in [1.29, 1.82) is 0 Å². The number of carbonyl (C=O) groups excluding carboxylic acids is 1. The van der Waals surface area contributed by atoms with Crippen molar-refractivity contribution in [3.63, 3.8) is 0 Å².